The third-order valence-electron chi connectivity index (χ3n) is 1.47. The van der Waals surface area contributed by atoms with E-state index in [1.54, 1.807) is 0 Å². The summed E-state index contributed by atoms with van der Waals surface area (Å²) in [6, 6.07) is 3.12. The Morgan fingerprint density at radius 1 is 1.53 bits per heavy atom. The van der Waals surface area contributed by atoms with Crippen LogP contribution in [0.15, 0.2) is 18.2 Å². The Labute approximate surface area is 114 Å². The van der Waals surface area contributed by atoms with Gasteiger partial charge in [0, 0.05) is 20.4 Å². The summed E-state index contributed by atoms with van der Waals surface area (Å²) in [6.07, 6.45) is 0. The number of nitro groups is 1. The Hall–Kier alpha value is 0.0310. The zero-order chi connectivity index (χ0) is 10.7. The first-order valence-electron chi connectivity index (χ1n) is 3.38. The van der Waals surface area contributed by atoms with Gasteiger partial charge < -0.3 is 0 Å². The van der Waals surface area contributed by atoms with Crippen molar-refractivity contribution in [3.05, 3.63) is 39.7 Å². The average Bonchev–Trinajstić information content (AvgIpc) is 2.17. The van der Waals surface area contributed by atoms with Gasteiger partial charge in [-0.1, -0.05) is 0 Å². The van der Waals surface area contributed by atoms with Crippen molar-refractivity contribution in [2.75, 3.05) is 0 Å². The smallest absolute Gasteiger partial charge is 0 e. The van der Waals surface area contributed by atoms with Crippen LogP contribution in [0.5, 0.6) is 0 Å². The maximum absolute atomic E-state index is 12.8. The number of carbonyl (C=O) groups excluding carboxylic acids is 1. The molecule has 1 aromatic rings. The Balaban J connectivity index is 0.00000196. The second-order valence-electron chi connectivity index (χ2n) is 2.31. The maximum atomic E-state index is 12.8. The van der Waals surface area contributed by atoms with Gasteiger partial charge >= 0.3 is 94.7 Å². The Morgan fingerprint density at radius 2 is 2.13 bits per heavy atom. The SMILES string of the molecule is O=C([S][Sn])c1ccc(F)c([N+](=O)[O-])c1.[Re]. The summed E-state index contributed by atoms with van der Waals surface area (Å²) in [5.41, 5.74) is -0.513. The first kappa shape index (κ1) is 15.0. The first-order valence-corrected chi connectivity index (χ1v) is 7.69. The Bertz CT molecular complexity index is 404. The van der Waals surface area contributed by atoms with E-state index >= 15 is 0 Å². The van der Waals surface area contributed by atoms with Gasteiger partial charge in [-0.15, -0.1) is 0 Å². The molecular weight excluding hydrogens is 502 g/mol. The molecule has 0 spiro atoms. The molecule has 0 amide bonds. The van der Waals surface area contributed by atoms with E-state index in [4.69, 9.17) is 0 Å². The van der Waals surface area contributed by atoms with Gasteiger partial charge in [0.25, 0.3) is 0 Å². The molecule has 15 heavy (non-hydrogen) atoms. The van der Waals surface area contributed by atoms with Crippen molar-refractivity contribution in [2.24, 2.45) is 0 Å². The number of rotatable bonds is 2. The van der Waals surface area contributed by atoms with Crippen molar-refractivity contribution in [2.45, 2.75) is 0 Å². The van der Waals surface area contributed by atoms with Gasteiger partial charge in [0.05, 0.1) is 0 Å². The minimum atomic E-state index is -0.930. The summed E-state index contributed by atoms with van der Waals surface area (Å²) in [7, 11) is 1.01. The molecule has 0 aromatic heterocycles. The number of hydrogen-bond acceptors (Lipinski definition) is 4. The second-order valence-corrected chi connectivity index (χ2v) is 4.64. The summed E-state index contributed by atoms with van der Waals surface area (Å²) in [6.45, 7) is 0. The molecule has 0 fully saturated rings. The normalized spacial score (nSPS) is 9.20. The Morgan fingerprint density at radius 3 is 2.60 bits per heavy atom. The average molecular weight is 505 g/mol. The standard InChI is InChI=1S/C7H4FNO3S.Re.Sn/c8-5-2-1-4(7(10)13)3-6(5)9(11)12;;/h1-3H,(H,10,13);;/q;;+1/p-1. The largest absolute Gasteiger partial charge is 0 e. The van der Waals surface area contributed by atoms with E-state index in [2.05, 4.69) is 0 Å². The van der Waals surface area contributed by atoms with Crippen LogP contribution in [0.3, 0.4) is 0 Å². The summed E-state index contributed by atoms with van der Waals surface area (Å²) in [5.74, 6) is -0.930. The molecule has 0 saturated carbocycles. The van der Waals surface area contributed by atoms with E-state index in [0.29, 0.717) is 0 Å². The number of nitrogens with zero attached hydrogens (tertiary/aromatic N) is 1. The van der Waals surface area contributed by atoms with Crippen molar-refractivity contribution in [1.82, 2.24) is 0 Å². The topological polar surface area (TPSA) is 60.2 Å². The van der Waals surface area contributed by atoms with E-state index in [1.807, 2.05) is 0 Å². The monoisotopic (exact) mass is 507 g/mol. The summed E-state index contributed by atoms with van der Waals surface area (Å²) >= 11 is 0.938. The third kappa shape index (κ3) is 3.83. The number of carbonyl (C=O) groups is 1. The molecule has 0 saturated heterocycles. The molecule has 1 aromatic carbocycles. The maximum Gasteiger partial charge on any atom is 0 e. The molecule has 8 heteroatoms. The van der Waals surface area contributed by atoms with Crippen molar-refractivity contribution >= 4 is 40.9 Å². The van der Waals surface area contributed by atoms with Crippen LogP contribution in [-0.2, 0) is 20.4 Å². The van der Waals surface area contributed by atoms with Gasteiger partial charge in [-0.3, -0.25) is 0 Å². The van der Waals surface area contributed by atoms with Crippen LogP contribution in [-0.4, -0.2) is 31.2 Å². The summed E-state index contributed by atoms with van der Waals surface area (Å²) < 4.78 is 12.8. The number of halogens is 1. The van der Waals surface area contributed by atoms with Gasteiger partial charge in [0.1, 0.15) is 0 Å². The fraction of sp³-hybridized carbons (Fsp3) is 0. The van der Waals surface area contributed by atoms with Crippen molar-refractivity contribution in [3.8, 4) is 0 Å². The van der Waals surface area contributed by atoms with E-state index in [0.717, 1.165) is 42.2 Å². The molecule has 0 atom stereocenters. The van der Waals surface area contributed by atoms with Crippen molar-refractivity contribution < 1.29 is 34.5 Å². The van der Waals surface area contributed by atoms with E-state index in [1.165, 1.54) is 6.07 Å². The molecule has 0 N–H and O–H groups in total. The van der Waals surface area contributed by atoms with Crippen molar-refractivity contribution in [3.63, 3.8) is 0 Å². The minimum Gasteiger partial charge on any atom is 0 e. The number of nitro benzene ring substituents is 1. The van der Waals surface area contributed by atoms with Gasteiger partial charge in [-0.25, -0.2) is 0 Å². The molecule has 0 unspecified atom stereocenters. The second kappa shape index (κ2) is 6.58. The number of benzene rings is 1. The van der Waals surface area contributed by atoms with Crippen LogP contribution >= 0.6 is 8.95 Å². The number of hydrogen-bond donors (Lipinski definition) is 0. The summed E-state index contributed by atoms with van der Waals surface area (Å²) in [5, 5.41) is 10.1. The van der Waals surface area contributed by atoms with Crippen LogP contribution in [0.25, 0.3) is 0 Å². The van der Waals surface area contributed by atoms with Crippen LogP contribution in [0.4, 0.5) is 10.1 Å². The van der Waals surface area contributed by atoms with Crippen LogP contribution in [0, 0.1) is 15.9 Å². The molecule has 0 heterocycles. The van der Waals surface area contributed by atoms with Gasteiger partial charge in [0.2, 0.25) is 0 Å². The molecule has 4 nitrogen and oxygen atoms in total. The van der Waals surface area contributed by atoms with Gasteiger partial charge in [-0.2, -0.15) is 0 Å². The fourth-order valence-corrected chi connectivity index (χ4v) is 2.09. The van der Waals surface area contributed by atoms with Gasteiger partial charge in [-0.05, 0) is 0 Å². The fourth-order valence-electron chi connectivity index (χ4n) is 0.838. The van der Waals surface area contributed by atoms with Crippen LogP contribution in [0.2, 0.25) is 0 Å². The zero-order valence-corrected chi connectivity index (χ0v) is 13.5. The molecule has 4 radical (unpaired) electrons. The molecule has 0 aliphatic rings. The molecule has 0 aliphatic heterocycles. The van der Waals surface area contributed by atoms with E-state index in [9.17, 15) is 19.3 Å². The molecule has 1 rings (SSSR count). The predicted octanol–water partition coefficient (Wildman–Crippen LogP) is 1.69. The predicted molar refractivity (Wildman–Crippen MR) is 50.7 cm³/mol. The third-order valence-corrected chi connectivity index (χ3v) is 3.48. The molecule has 78 valence electrons. The van der Waals surface area contributed by atoms with Crippen LogP contribution in [0.1, 0.15) is 10.4 Å². The Kier molecular flexibility index (Phi) is 6.59. The summed E-state index contributed by atoms with van der Waals surface area (Å²) in [4.78, 5) is 20.6. The molecular formula is C7H3FNO3ReSSn. The van der Waals surface area contributed by atoms with Crippen LogP contribution < -0.4 is 0 Å². The van der Waals surface area contributed by atoms with Gasteiger partial charge in [0.15, 0.2) is 0 Å². The first-order chi connectivity index (χ1) is 6.56. The van der Waals surface area contributed by atoms with E-state index < -0.39 is 16.4 Å². The molecule has 0 aliphatic carbocycles. The molecule has 0 bridgehead atoms. The zero-order valence-electron chi connectivity index (χ0n) is 7.07. The van der Waals surface area contributed by atoms with E-state index in [-0.39, 0.29) is 31.1 Å². The minimum absolute atomic E-state index is 0. The quantitative estimate of drug-likeness (QED) is 0.349. The van der Waals surface area contributed by atoms with Crippen molar-refractivity contribution in [1.29, 1.82) is 0 Å².